The average Bonchev–Trinajstić information content (AvgIpc) is 3.30. The largest absolute Gasteiger partial charge is 0.477 e. The zero-order valence-corrected chi connectivity index (χ0v) is 19.8. The molecule has 6 atom stereocenters. The molecule has 1 aliphatic heterocycles. The molecule has 15 nitrogen and oxygen atoms in total. The Morgan fingerprint density at radius 3 is 2.54 bits per heavy atom. The summed E-state index contributed by atoms with van der Waals surface area (Å²) in [6.45, 7) is 0.107. The van der Waals surface area contributed by atoms with E-state index in [9.17, 15) is 39.9 Å². The Labute approximate surface area is 210 Å². The molecule has 0 unspecified atom stereocenters. The van der Waals surface area contributed by atoms with Crippen LogP contribution in [0.3, 0.4) is 0 Å². The van der Waals surface area contributed by atoms with Crippen molar-refractivity contribution < 1.29 is 49.4 Å². The van der Waals surface area contributed by atoms with Crippen LogP contribution in [-0.2, 0) is 32.2 Å². The summed E-state index contributed by atoms with van der Waals surface area (Å²) >= 11 is 0. The van der Waals surface area contributed by atoms with Crippen molar-refractivity contribution in [2.24, 2.45) is 5.73 Å². The van der Waals surface area contributed by atoms with Gasteiger partial charge in [0.25, 0.3) is 5.79 Å². The Hall–Kier alpha value is -3.47. The minimum absolute atomic E-state index is 0.212. The highest BCUT2D eigenvalue weighted by Crippen LogP contribution is 2.34. The summed E-state index contributed by atoms with van der Waals surface area (Å²) in [5, 5.41) is 60.3. The van der Waals surface area contributed by atoms with Crippen molar-refractivity contribution in [3.8, 4) is 0 Å². The minimum Gasteiger partial charge on any atom is -0.477 e. The number of aromatic nitrogens is 3. The number of carboxylic acid groups (broad SMARTS) is 1. The first-order valence-corrected chi connectivity index (χ1v) is 11.2. The van der Waals surface area contributed by atoms with Crippen molar-refractivity contribution in [3.05, 3.63) is 47.3 Å². The van der Waals surface area contributed by atoms with Crippen LogP contribution in [0.5, 0.6) is 0 Å². The van der Waals surface area contributed by atoms with E-state index < -0.39 is 73.7 Å². The number of ether oxygens (including phenoxy) is 2. The van der Waals surface area contributed by atoms with E-state index in [0.717, 1.165) is 12.5 Å². The van der Waals surface area contributed by atoms with Crippen LogP contribution in [0, 0.1) is 0 Å². The first-order valence-electron chi connectivity index (χ1n) is 11.2. The van der Waals surface area contributed by atoms with Crippen molar-refractivity contribution in [1.82, 2.24) is 20.3 Å². The molecule has 0 spiro atoms. The van der Waals surface area contributed by atoms with Crippen molar-refractivity contribution in [2.75, 3.05) is 6.61 Å². The van der Waals surface area contributed by atoms with Gasteiger partial charge in [0.05, 0.1) is 38.1 Å². The first kappa shape index (κ1) is 28.1. The fourth-order valence-electron chi connectivity index (χ4n) is 3.91. The second kappa shape index (κ2) is 11.7. The molecule has 1 aromatic carbocycles. The summed E-state index contributed by atoms with van der Waals surface area (Å²) in [5.74, 6) is -5.28. The van der Waals surface area contributed by atoms with E-state index in [1.807, 2.05) is 0 Å². The predicted octanol–water partition coefficient (Wildman–Crippen LogP) is -2.91. The summed E-state index contributed by atoms with van der Waals surface area (Å²) in [4.78, 5) is 35.0. The van der Waals surface area contributed by atoms with Gasteiger partial charge in [-0.3, -0.25) is 9.59 Å². The maximum atomic E-state index is 12.2. The number of benzene rings is 1. The summed E-state index contributed by atoms with van der Waals surface area (Å²) in [5.41, 5.74) is 6.57. The lowest BCUT2D eigenvalue weighted by Gasteiger charge is -2.46. The number of nitrogens with one attached hydrogen (secondary N) is 1. The Balaban J connectivity index is 1.75. The van der Waals surface area contributed by atoms with Gasteiger partial charge in [-0.25, -0.2) is 9.48 Å². The molecule has 3 rings (SSSR count). The zero-order valence-electron chi connectivity index (χ0n) is 19.8. The smallest absolute Gasteiger partial charge is 0.364 e. The van der Waals surface area contributed by atoms with Crippen LogP contribution in [0.1, 0.15) is 35.0 Å². The molecule has 0 saturated carbocycles. The number of aliphatic carboxylic acids is 1. The molecule has 1 aromatic heterocycles. The number of nitrogens with zero attached hydrogens (tertiary/aromatic N) is 3. The second-order valence-electron chi connectivity index (χ2n) is 8.64. The van der Waals surface area contributed by atoms with Crippen molar-refractivity contribution in [2.45, 2.75) is 62.7 Å². The summed E-state index contributed by atoms with van der Waals surface area (Å²) in [6.07, 6.45) is -5.98. The topological polar surface area (TPSA) is 240 Å². The fraction of sp³-hybridized carbons (Fsp3) is 0.500. The molecule has 2 heterocycles. The van der Waals surface area contributed by atoms with E-state index in [4.69, 9.17) is 15.2 Å². The molecule has 0 aliphatic carbocycles. The Bertz CT molecular complexity index is 1110. The molecule has 1 aliphatic rings. The molecule has 8 N–H and O–H groups in total. The van der Waals surface area contributed by atoms with E-state index >= 15 is 0 Å². The van der Waals surface area contributed by atoms with Gasteiger partial charge in [0, 0.05) is 18.9 Å². The van der Waals surface area contributed by atoms with Gasteiger partial charge in [-0.05, 0) is 17.7 Å². The predicted molar refractivity (Wildman–Crippen MR) is 121 cm³/mol. The molecule has 0 radical (unpaired) electrons. The molecule has 1 saturated heterocycles. The van der Waals surface area contributed by atoms with Crippen LogP contribution in [0.2, 0.25) is 0 Å². The molecule has 1 fully saturated rings. The number of carboxylic acids is 1. The Morgan fingerprint density at radius 1 is 1.30 bits per heavy atom. The first-order chi connectivity index (χ1) is 17.5. The van der Waals surface area contributed by atoms with E-state index in [0.29, 0.717) is 5.56 Å². The summed E-state index contributed by atoms with van der Waals surface area (Å²) in [6, 6.07) is 5.20. The highest BCUT2D eigenvalue weighted by Gasteiger charge is 2.55. The van der Waals surface area contributed by atoms with E-state index in [2.05, 4.69) is 15.6 Å². The monoisotopic (exact) mass is 523 g/mol. The van der Waals surface area contributed by atoms with Gasteiger partial charge < -0.3 is 46.1 Å². The van der Waals surface area contributed by atoms with Gasteiger partial charge in [-0.15, -0.1) is 5.10 Å². The average molecular weight is 523 g/mol. The van der Waals surface area contributed by atoms with Crippen LogP contribution in [0.25, 0.3) is 0 Å². The maximum Gasteiger partial charge on any atom is 0.364 e. The lowest BCUT2D eigenvalue weighted by molar-refractivity contribution is -0.315. The third-order valence-corrected chi connectivity index (χ3v) is 5.81. The minimum atomic E-state index is -2.48. The van der Waals surface area contributed by atoms with Crippen molar-refractivity contribution >= 4 is 17.8 Å². The fourth-order valence-corrected chi connectivity index (χ4v) is 3.91. The summed E-state index contributed by atoms with van der Waals surface area (Å²) in [7, 11) is 0. The highest BCUT2D eigenvalue weighted by atomic mass is 16.7. The number of hydrogen-bond acceptors (Lipinski definition) is 11. The second-order valence-corrected chi connectivity index (χ2v) is 8.64. The molecule has 2 amide bonds. The van der Waals surface area contributed by atoms with Crippen molar-refractivity contribution in [1.29, 1.82) is 0 Å². The molecule has 0 bridgehead atoms. The van der Waals surface area contributed by atoms with Crippen LogP contribution >= 0.6 is 0 Å². The summed E-state index contributed by atoms with van der Waals surface area (Å²) < 4.78 is 12.5. The number of hydrogen-bond donors (Lipinski definition) is 7. The number of carbonyl (C=O) groups excluding carboxylic acids is 2. The number of aliphatic hydroxyl groups excluding tert-OH is 4. The number of amides is 2. The molecule has 15 heteroatoms. The molecular weight excluding hydrogens is 494 g/mol. The third-order valence-electron chi connectivity index (χ3n) is 5.81. The molecule has 2 aromatic rings. The van der Waals surface area contributed by atoms with Crippen LogP contribution in [0.4, 0.5) is 0 Å². The van der Waals surface area contributed by atoms with Crippen LogP contribution in [0.15, 0.2) is 30.5 Å². The van der Waals surface area contributed by atoms with Gasteiger partial charge in [0.1, 0.15) is 24.0 Å². The number of rotatable bonds is 11. The quantitative estimate of drug-likeness (QED) is 0.157. The zero-order chi connectivity index (χ0) is 27.3. The third kappa shape index (κ3) is 6.65. The Kier molecular flexibility index (Phi) is 8.90. The highest BCUT2D eigenvalue weighted by molar-refractivity contribution is 5.92. The lowest BCUT2D eigenvalue weighted by Crippen LogP contribution is -2.67. The van der Waals surface area contributed by atoms with Crippen LogP contribution < -0.4 is 11.1 Å². The van der Waals surface area contributed by atoms with E-state index in [-0.39, 0.29) is 12.2 Å². The van der Waals surface area contributed by atoms with Crippen LogP contribution in [-0.4, -0.2) is 101 Å². The van der Waals surface area contributed by atoms with Gasteiger partial charge in [0.2, 0.25) is 11.8 Å². The Morgan fingerprint density at radius 2 is 1.97 bits per heavy atom. The molecule has 202 valence electrons. The number of nitrogens with two attached hydrogens (primary N) is 1. The number of carbonyl (C=O) groups is 3. The van der Waals surface area contributed by atoms with Crippen molar-refractivity contribution in [3.63, 3.8) is 0 Å². The normalized spacial score (nSPS) is 25.3. The van der Waals surface area contributed by atoms with E-state index in [1.165, 1.54) is 10.9 Å². The van der Waals surface area contributed by atoms with E-state index in [1.54, 1.807) is 24.3 Å². The van der Waals surface area contributed by atoms with Gasteiger partial charge in [0.15, 0.2) is 0 Å². The number of primary amides is 1. The molecule has 37 heavy (non-hydrogen) atoms. The SMILES string of the molecule is CC(=O)N[C@H]1[C@H]([C@H](O)[C@H](O)CO)O[C@@](OCc2cn(Cc3ccc(C(N)=O)cc3)nn2)(C(=O)O)C[C@@H]1O. The molecular formula is C22H29N5O10. The maximum absolute atomic E-state index is 12.2. The van der Waals surface area contributed by atoms with Gasteiger partial charge in [-0.1, -0.05) is 17.3 Å². The van der Waals surface area contributed by atoms with Gasteiger partial charge >= 0.3 is 5.97 Å². The lowest BCUT2D eigenvalue weighted by atomic mass is 9.88. The number of aliphatic hydroxyl groups is 4. The van der Waals surface area contributed by atoms with Gasteiger partial charge in [-0.2, -0.15) is 0 Å². The standard InChI is InChI=1S/C22H29N5O10/c1-11(29)24-17-15(30)6-22(21(34)35,37-19(17)18(32)16(31)9-28)36-10-14-8-27(26-25-14)7-12-2-4-13(5-3-12)20(23)33/h2-5,8,15-19,28,30-32H,6-7,9-10H2,1H3,(H2,23,33)(H,24,29)(H,34,35)/t15-,16+,17+,18+,19+,22+/m0/s1.